The van der Waals surface area contributed by atoms with Gasteiger partial charge in [-0.1, -0.05) is 37.3 Å². The van der Waals surface area contributed by atoms with Crippen LogP contribution in [0.4, 0.5) is 0 Å². The van der Waals surface area contributed by atoms with Gasteiger partial charge in [-0.05, 0) is 52.9 Å². The fourth-order valence-corrected chi connectivity index (χ4v) is 4.45. The van der Waals surface area contributed by atoms with Gasteiger partial charge in [-0.2, -0.15) is 0 Å². The van der Waals surface area contributed by atoms with Crippen LogP contribution in [-0.4, -0.2) is 10.3 Å². The largest absolute Gasteiger partial charge is 1.00 e. The first-order chi connectivity index (χ1) is 9.94. The molecule has 25 heavy (non-hydrogen) atoms. The van der Waals surface area contributed by atoms with E-state index in [0.717, 1.165) is 12.8 Å². The van der Waals surface area contributed by atoms with Crippen LogP contribution in [0.2, 0.25) is 0 Å². The van der Waals surface area contributed by atoms with Crippen LogP contribution in [0.1, 0.15) is 59.3 Å². The van der Waals surface area contributed by atoms with Crippen molar-refractivity contribution >= 4 is 15.2 Å². The van der Waals surface area contributed by atoms with Crippen molar-refractivity contribution < 1.29 is 183 Å². The molecule has 0 aliphatic heterocycles. The minimum Gasteiger partial charge on any atom is -0.810 e. The second-order valence-electron chi connectivity index (χ2n) is 5.74. The Labute approximate surface area is 279 Å². The SMILES string of the molecule is CC(C)=CCC/C(C)=C/CCCCC(P(=O)([O-])[O-])P(=O)([O-])O.[K+].[K+].[K+]. The standard InChI is InChI=1S/C14H28O6P2.3K/c1-12(2)8-7-10-13(3)9-5-4-6-11-14(21(15,16)17)22(18,19)20;;;/h8-9,14H,4-7,10-11H2,1-3H3,(H2,15,16,17)(H2,18,19,20);;;/q;3*+1/p-3/b13-9+;;;. The first-order valence-electron chi connectivity index (χ1n) is 7.28. The number of hydrogen-bond acceptors (Lipinski definition) is 5. The smallest absolute Gasteiger partial charge is 0.810 e. The first-order valence-corrected chi connectivity index (χ1v) is 10.5. The molecule has 0 bridgehead atoms. The fourth-order valence-electron chi connectivity index (χ4n) is 2.01. The van der Waals surface area contributed by atoms with Crippen molar-refractivity contribution in [2.75, 3.05) is 0 Å². The van der Waals surface area contributed by atoms with Crippen molar-refractivity contribution in [1.82, 2.24) is 0 Å². The number of unbranched alkanes of at least 4 members (excludes halogenated alkanes) is 2. The Balaban J connectivity index is -0.000000735. The summed E-state index contributed by atoms with van der Waals surface area (Å²) in [6, 6.07) is 0. The Morgan fingerprint density at radius 3 is 1.88 bits per heavy atom. The molecule has 2 atom stereocenters. The van der Waals surface area contributed by atoms with Gasteiger partial charge in [0.25, 0.3) is 0 Å². The number of allylic oxidation sites excluding steroid dienone is 4. The summed E-state index contributed by atoms with van der Waals surface area (Å²) in [7, 11) is -10.5. The van der Waals surface area contributed by atoms with E-state index >= 15 is 0 Å². The van der Waals surface area contributed by atoms with Gasteiger partial charge in [0.2, 0.25) is 0 Å². The molecule has 0 radical (unpaired) electrons. The molecule has 0 aliphatic rings. The van der Waals surface area contributed by atoms with Crippen molar-refractivity contribution in [1.29, 1.82) is 0 Å². The molecule has 0 fully saturated rings. The van der Waals surface area contributed by atoms with E-state index in [-0.39, 0.29) is 167 Å². The maximum atomic E-state index is 10.9. The van der Waals surface area contributed by atoms with Crippen LogP contribution >= 0.6 is 15.2 Å². The Morgan fingerprint density at radius 2 is 1.48 bits per heavy atom. The molecule has 0 aromatic carbocycles. The molecule has 130 valence electrons. The minimum absolute atomic E-state index is 0. The molecular weight excluding hydrogens is 443 g/mol. The summed E-state index contributed by atoms with van der Waals surface area (Å²) in [6.45, 7) is 6.08. The summed E-state index contributed by atoms with van der Waals surface area (Å²) < 4.78 is 21.8. The molecule has 1 N–H and O–H groups in total. The van der Waals surface area contributed by atoms with Gasteiger partial charge in [0.1, 0.15) is 7.60 Å². The summed E-state index contributed by atoms with van der Waals surface area (Å²) in [5, 5.41) is -2.21. The molecule has 0 saturated heterocycles. The summed E-state index contributed by atoms with van der Waals surface area (Å²) in [4.78, 5) is 41.4. The zero-order valence-corrected chi connectivity index (χ0v) is 27.5. The molecular formula is C14H25K3O6P2. The van der Waals surface area contributed by atoms with Gasteiger partial charge in [0, 0.05) is 0 Å². The van der Waals surface area contributed by atoms with E-state index in [9.17, 15) is 23.8 Å². The predicted octanol–water partition coefficient (Wildman–Crippen LogP) is -6.96. The second-order valence-corrected chi connectivity index (χ2v) is 9.60. The monoisotopic (exact) mass is 468 g/mol. The Morgan fingerprint density at radius 1 is 0.960 bits per heavy atom. The van der Waals surface area contributed by atoms with Crippen molar-refractivity contribution in [3.8, 4) is 0 Å². The molecule has 0 aromatic heterocycles. The maximum Gasteiger partial charge on any atom is 1.00 e. The minimum atomic E-state index is -5.34. The average molecular weight is 469 g/mol. The van der Waals surface area contributed by atoms with Crippen molar-refractivity contribution in [2.45, 2.75) is 64.7 Å². The van der Waals surface area contributed by atoms with E-state index in [1.807, 2.05) is 26.8 Å². The molecule has 0 amide bonds. The van der Waals surface area contributed by atoms with Gasteiger partial charge in [-0.25, -0.2) is 0 Å². The van der Waals surface area contributed by atoms with Crippen LogP contribution in [0, 0.1) is 0 Å². The molecule has 2 unspecified atom stereocenters. The molecule has 0 aromatic rings. The summed E-state index contributed by atoms with van der Waals surface area (Å²) in [6.07, 6.45) is 7.23. The molecule has 6 nitrogen and oxygen atoms in total. The summed E-state index contributed by atoms with van der Waals surface area (Å²) in [5.74, 6) is 0. The molecule has 0 saturated carbocycles. The Bertz CT molecular complexity index is 473. The molecule has 0 spiro atoms. The van der Waals surface area contributed by atoms with Gasteiger partial charge >= 0.3 is 154 Å². The van der Waals surface area contributed by atoms with Crippen molar-refractivity contribution in [3.63, 3.8) is 0 Å². The third-order valence-corrected chi connectivity index (χ3v) is 6.97. The van der Waals surface area contributed by atoms with Crippen molar-refractivity contribution in [2.24, 2.45) is 0 Å². The molecule has 0 heterocycles. The van der Waals surface area contributed by atoms with Crippen LogP contribution in [0.15, 0.2) is 23.3 Å². The van der Waals surface area contributed by atoms with E-state index in [2.05, 4.69) is 6.08 Å². The third kappa shape index (κ3) is 21.7. The van der Waals surface area contributed by atoms with Gasteiger partial charge in [0.15, 0.2) is 0 Å². The van der Waals surface area contributed by atoms with Crippen molar-refractivity contribution in [3.05, 3.63) is 23.3 Å². The van der Waals surface area contributed by atoms with Crippen LogP contribution in [0.3, 0.4) is 0 Å². The van der Waals surface area contributed by atoms with E-state index in [0.29, 0.717) is 12.8 Å². The Hall–Kier alpha value is 4.69. The molecule has 0 aliphatic carbocycles. The number of rotatable bonds is 10. The molecule has 11 heteroatoms. The van der Waals surface area contributed by atoms with Gasteiger partial charge in [-0.3, -0.25) is 0 Å². The van der Waals surface area contributed by atoms with Crippen LogP contribution in [-0.2, 0) is 9.13 Å². The van der Waals surface area contributed by atoms with E-state index in [4.69, 9.17) is 4.89 Å². The summed E-state index contributed by atoms with van der Waals surface area (Å²) in [5.41, 5.74) is 2.48. The maximum absolute atomic E-state index is 10.9. The zero-order chi connectivity index (χ0) is 17.4. The van der Waals surface area contributed by atoms with Gasteiger partial charge in [-0.15, -0.1) is 0 Å². The van der Waals surface area contributed by atoms with E-state index < -0.39 is 20.6 Å². The fraction of sp³-hybridized carbons (Fsp3) is 0.714. The Kier molecular flexibility index (Phi) is 28.7. The first kappa shape index (κ1) is 37.0. The molecule has 0 rings (SSSR count). The average Bonchev–Trinajstić information content (AvgIpc) is 2.29. The second kappa shape index (κ2) is 19.4. The van der Waals surface area contributed by atoms with Crippen LogP contribution < -0.4 is 169 Å². The van der Waals surface area contributed by atoms with Crippen LogP contribution in [0.25, 0.3) is 0 Å². The predicted molar refractivity (Wildman–Crippen MR) is 82.1 cm³/mol. The van der Waals surface area contributed by atoms with Gasteiger partial charge < -0.3 is 28.7 Å². The third-order valence-electron chi connectivity index (χ3n) is 3.24. The van der Waals surface area contributed by atoms with Crippen LogP contribution in [0.5, 0.6) is 0 Å². The zero-order valence-electron chi connectivity index (χ0n) is 16.4. The summed E-state index contributed by atoms with van der Waals surface area (Å²) >= 11 is 0. The quantitative estimate of drug-likeness (QED) is 0.147. The normalized spacial score (nSPS) is 14.9. The van der Waals surface area contributed by atoms with Gasteiger partial charge in [0.05, 0.1) is 5.40 Å². The van der Waals surface area contributed by atoms with E-state index in [1.165, 1.54) is 11.1 Å². The van der Waals surface area contributed by atoms with E-state index in [1.54, 1.807) is 0 Å². The number of hydrogen-bond donors (Lipinski definition) is 1. The topological polar surface area (TPSA) is 124 Å².